The van der Waals surface area contributed by atoms with Gasteiger partial charge in [0.05, 0.1) is 24.3 Å². The Morgan fingerprint density at radius 2 is 1.97 bits per heavy atom. The lowest BCUT2D eigenvalue weighted by Crippen LogP contribution is -2.48. The molecule has 0 aliphatic carbocycles. The molecule has 4 amide bonds. The number of nitrogens with zero attached hydrogens (tertiary/aromatic N) is 2. The summed E-state index contributed by atoms with van der Waals surface area (Å²) in [5.74, 6) is -0.696. The van der Waals surface area contributed by atoms with Crippen LogP contribution in [0.3, 0.4) is 0 Å². The van der Waals surface area contributed by atoms with Crippen molar-refractivity contribution in [2.45, 2.75) is 51.2 Å². The second kappa shape index (κ2) is 9.25. The van der Waals surface area contributed by atoms with Crippen molar-refractivity contribution in [1.82, 2.24) is 15.1 Å². The Morgan fingerprint density at radius 3 is 2.56 bits per heavy atom. The van der Waals surface area contributed by atoms with Crippen molar-refractivity contribution in [3.63, 3.8) is 0 Å². The summed E-state index contributed by atoms with van der Waals surface area (Å²) in [4.78, 5) is 41.7. The lowest BCUT2D eigenvalue weighted by atomic mass is 9.91. The summed E-state index contributed by atoms with van der Waals surface area (Å²) in [6, 6.07) is 9.68. The van der Waals surface area contributed by atoms with Crippen LogP contribution in [0.4, 0.5) is 4.79 Å². The summed E-state index contributed by atoms with van der Waals surface area (Å²) >= 11 is 0. The van der Waals surface area contributed by atoms with Crippen LogP contribution in [-0.4, -0.2) is 60.2 Å². The molecule has 2 saturated heterocycles. The maximum atomic E-state index is 13.3. The van der Waals surface area contributed by atoms with Crippen LogP contribution in [0.5, 0.6) is 0 Å². The number of carbonyl (C=O) groups excluding carboxylic acids is 3. The molecule has 1 aromatic carbocycles. The van der Waals surface area contributed by atoms with Gasteiger partial charge in [-0.1, -0.05) is 37.6 Å². The summed E-state index contributed by atoms with van der Waals surface area (Å²) in [7, 11) is -3.25. The number of aryl methyl sites for hydroxylation is 1. The molecule has 2 fully saturated rings. The van der Waals surface area contributed by atoms with Gasteiger partial charge in [0.25, 0.3) is 5.91 Å². The predicted octanol–water partition coefficient (Wildman–Crippen LogP) is 2.21. The number of hydrogen-bond donors (Lipinski definition) is 1. The third-order valence-electron chi connectivity index (χ3n) is 6.51. The molecule has 0 unspecified atom stereocenters. The first-order valence-corrected chi connectivity index (χ1v) is 13.2. The van der Waals surface area contributed by atoms with E-state index in [9.17, 15) is 22.8 Å². The van der Waals surface area contributed by atoms with Crippen LogP contribution >= 0.6 is 0 Å². The molecule has 2 aliphatic heterocycles. The van der Waals surface area contributed by atoms with Gasteiger partial charge < -0.3 is 14.6 Å². The zero-order valence-corrected chi connectivity index (χ0v) is 20.1. The van der Waals surface area contributed by atoms with Crippen molar-refractivity contribution in [1.29, 1.82) is 0 Å². The third-order valence-corrected chi connectivity index (χ3v) is 8.26. The summed E-state index contributed by atoms with van der Waals surface area (Å²) in [6.07, 6.45) is 3.69. The summed E-state index contributed by atoms with van der Waals surface area (Å²) in [5.41, 5.74) is 0.485. The molecule has 1 aromatic heterocycles. The number of imide groups is 1. The molecule has 0 spiro atoms. The fraction of sp³-hybridized carbons (Fsp3) is 0.458. The summed E-state index contributed by atoms with van der Waals surface area (Å²) in [5, 5.41) is 2.72. The van der Waals surface area contributed by atoms with Gasteiger partial charge in [-0.15, -0.1) is 0 Å². The van der Waals surface area contributed by atoms with Crippen molar-refractivity contribution in [3.8, 4) is 0 Å². The van der Waals surface area contributed by atoms with E-state index in [1.807, 2.05) is 24.3 Å². The lowest BCUT2D eigenvalue weighted by Gasteiger charge is -2.29. The van der Waals surface area contributed by atoms with E-state index in [2.05, 4.69) is 12.2 Å². The van der Waals surface area contributed by atoms with Crippen LogP contribution in [0, 0.1) is 0 Å². The average Bonchev–Trinajstić information content (AvgIpc) is 3.49. The monoisotopic (exact) mass is 487 g/mol. The Labute approximate surface area is 199 Å². The molecule has 2 aromatic rings. The van der Waals surface area contributed by atoms with E-state index in [1.165, 1.54) is 11.2 Å². The molecule has 2 atom stereocenters. The molecule has 2 aliphatic rings. The van der Waals surface area contributed by atoms with E-state index in [1.54, 1.807) is 19.1 Å². The maximum Gasteiger partial charge on any atom is 0.325 e. The number of carbonyl (C=O) groups is 3. The van der Waals surface area contributed by atoms with Crippen LogP contribution in [0.25, 0.3) is 0 Å². The number of sulfone groups is 1. The Bertz CT molecular complexity index is 1180. The molecule has 182 valence electrons. The molecule has 34 heavy (non-hydrogen) atoms. The highest BCUT2D eigenvalue weighted by Gasteiger charge is 2.50. The highest BCUT2D eigenvalue weighted by atomic mass is 32.2. The Kier molecular flexibility index (Phi) is 6.53. The largest absolute Gasteiger partial charge is 0.467 e. The zero-order valence-electron chi connectivity index (χ0n) is 19.3. The summed E-state index contributed by atoms with van der Waals surface area (Å²) < 4.78 is 29.4. The van der Waals surface area contributed by atoms with E-state index < -0.39 is 45.8 Å². The Hall–Kier alpha value is -3.14. The molecule has 1 N–H and O–H groups in total. The molecule has 0 radical (unpaired) electrons. The second-order valence-electron chi connectivity index (χ2n) is 9.05. The van der Waals surface area contributed by atoms with Gasteiger partial charge in [0.15, 0.2) is 9.84 Å². The first kappa shape index (κ1) is 24.0. The van der Waals surface area contributed by atoms with Gasteiger partial charge in [-0.3, -0.25) is 14.5 Å². The van der Waals surface area contributed by atoms with E-state index in [-0.39, 0.29) is 18.1 Å². The number of furan rings is 1. The number of urea groups is 1. The number of benzene rings is 1. The molecule has 4 rings (SSSR count). The standard InChI is InChI=1S/C24H29N3O6S/c1-3-5-17-7-9-18(10-8-17)24(2)22(29)27(23(30)25-24)15-21(28)26(14-20-6-4-12-33-20)19-11-13-34(31,32)16-19/h4,6-10,12,19H,3,5,11,13-16H2,1-2H3,(H,25,30)/t19-,24-/m1/s1. The molecule has 10 heteroatoms. The van der Waals surface area contributed by atoms with Gasteiger partial charge in [-0.25, -0.2) is 13.2 Å². The first-order chi connectivity index (χ1) is 16.1. The normalized spacial score (nSPS) is 23.8. The fourth-order valence-electron chi connectivity index (χ4n) is 4.57. The molecule has 0 saturated carbocycles. The molecule has 9 nitrogen and oxygen atoms in total. The molecule has 3 heterocycles. The minimum Gasteiger partial charge on any atom is -0.467 e. The topological polar surface area (TPSA) is 117 Å². The smallest absolute Gasteiger partial charge is 0.325 e. The van der Waals surface area contributed by atoms with Crippen LogP contribution in [-0.2, 0) is 37.9 Å². The van der Waals surface area contributed by atoms with E-state index in [0.717, 1.165) is 23.3 Å². The number of nitrogens with one attached hydrogen (secondary N) is 1. The first-order valence-electron chi connectivity index (χ1n) is 11.4. The second-order valence-corrected chi connectivity index (χ2v) is 11.3. The minimum atomic E-state index is -3.25. The number of amides is 4. The van der Waals surface area contributed by atoms with Crippen molar-refractivity contribution >= 4 is 27.7 Å². The molecular formula is C24H29N3O6S. The van der Waals surface area contributed by atoms with Gasteiger partial charge >= 0.3 is 6.03 Å². The van der Waals surface area contributed by atoms with E-state index in [0.29, 0.717) is 17.7 Å². The lowest BCUT2D eigenvalue weighted by molar-refractivity contribution is -0.140. The molecular weight excluding hydrogens is 458 g/mol. The molecule has 0 bridgehead atoms. The van der Waals surface area contributed by atoms with Crippen LogP contribution < -0.4 is 5.32 Å². The fourth-order valence-corrected chi connectivity index (χ4v) is 6.30. The average molecular weight is 488 g/mol. The maximum absolute atomic E-state index is 13.3. The van der Waals surface area contributed by atoms with Crippen LogP contribution in [0.2, 0.25) is 0 Å². The van der Waals surface area contributed by atoms with E-state index >= 15 is 0 Å². The Balaban J connectivity index is 1.53. The van der Waals surface area contributed by atoms with E-state index in [4.69, 9.17) is 4.42 Å². The van der Waals surface area contributed by atoms with Crippen LogP contribution in [0.1, 0.15) is 43.6 Å². The number of rotatable bonds is 8. The van der Waals surface area contributed by atoms with Crippen molar-refractivity contribution < 1.29 is 27.2 Å². The number of hydrogen-bond acceptors (Lipinski definition) is 6. The quantitative estimate of drug-likeness (QED) is 0.571. The highest BCUT2D eigenvalue weighted by Crippen LogP contribution is 2.30. The predicted molar refractivity (Wildman–Crippen MR) is 124 cm³/mol. The third kappa shape index (κ3) is 4.72. The SMILES string of the molecule is CCCc1ccc([C@@]2(C)NC(=O)N(CC(=O)N(Cc3ccco3)[C@@H]3CCS(=O)(=O)C3)C2=O)cc1. The van der Waals surface area contributed by atoms with Crippen molar-refractivity contribution in [2.75, 3.05) is 18.1 Å². The van der Waals surface area contributed by atoms with Crippen molar-refractivity contribution in [3.05, 3.63) is 59.5 Å². The van der Waals surface area contributed by atoms with Gasteiger partial charge in [-0.2, -0.15) is 0 Å². The summed E-state index contributed by atoms with van der Waals surface area (Å²) in [6.45, 7) is 3.29. The van der Waals surface area contributed by atoms with Gasteiger partial charge in [-0.05, 0) is 43.0 Å². The van der Waals surface area contributed by atoms with Gasteiger partial charge in [0, 0.05) is 6.04 Å². The highest BCUT2D eigenvalue weighted by molar-refractivity contribution is 7.91. The van der Waals surface area contributed by atoms with Crippen LogP contribution in [0.15, 0.2) is 47.1 Å². The Morgan fingerprint density at radius 1 is 1.24 bits per heavy atom. The van der Waals surface area contributed by atoms with Crippen molar-refractivity contribution in [2.24, 2.45) is 0 Å². The zero-order chi connectivity index (χ0) is 24.5. The minimum absolute atomic E-state index is 0.00513. The van der Waals surface area contributed by atoms with Gasteiger partial charge in [0.2, 0.25) is 5.91 Å². The van der Waals surface area contributed by atoms with Gasteiger partial charge in [0.1, 0.15) is 17.8 Å².